The lowest BCUT2D eigenvalue weighted by atomic mass is 9.94. The summed E-state index contributed by atoms with van der Waals surface area (Å²) >= 11 is 0. The van der Waals surface area contributed by atoms with Gasteiger partial charge < -0.3 is 19.8 Å². The van der Waals surface area contributed by atoms with Crippen LogP contribution in [0.25, 0.3) is 10.9 Å². The van der Waals surface area contributed by atoms with Crippen LogP contribution in [0.5, 0.6) is 0 Å². The highest BCUT2D eigenvalue weighted by Gasteiger charge is 2.51. The molecule has 1 N–H and O–H groups in total. The van der Waals surface area contributed by atoms with Crippen LogP contribution in [0.2, 0.25) is 0 Å². The molecule has 1 fully saturated rings. The molecule has 1 amide bonds. The quantitative estimate of drug-likeness (QED) is 0.908. The third kappa shape index (κ3) is 2.42. The minimum Gasteiger partial charge on any atom is -0.545 e. The molecule has 1 atom stereocenters. The molecule has 0 saturated carbocycles. The van der Waals surface area contributed by atoms with E-state index in [9.17, 15) is 27.9 Å². The van der Waals surface area contributed by atoms with Gasteiger partial charge in [-0.05, 0) is 31.9 Å². The number of amides is 1. The predicted molar refractivity (Wildman–Crippen MR) is 77.0 cm³/mol. The van der Waals surface area contributed by atoms with Crippen LogP contribution in [0.3, 0.4) is 0 Å². The Morgan fingerprint density at radius 2 is 2.04 bits per heavy atom. The van der Waals surface area contributed by atoms with E-state index in [-0.39, 0.29) is 12.1 Å². The monoisotopic (exact) mass is 339 g/mol. The van der Waals surface area contributed by atoms with E-state index in [1.807, 2.05) is 0 Å². The standard InChI is InChI=1S/C16H15F3N2O3/c1-15(6-3-7-21(15)14(24)16(17,18)19)12-8-10-9(13(22)23)4-2-5-11(10)20-12/h2,4-5,8,20H,3,6-7H2,1H3,(H,22,23)/p-1. The highest BCUT2D eigenvalue weighted by atomic mass is 19.4. The van der Waals surface area contributed by atoms with Crippen molar-refractivity contribution >= 4 is 22.8 Å². The third-order valence-corrected chi connectivity index (χ3v) is 4.59. The SMILES string of the molecule is CC1(c2cc3c(C(=O)[O-])cccc3[nH]2)CCCN1C(=O)C(F)(F)F. The molecule has 0 aliphatic carbocycles. The van der Waals surface area contributed by atoms with Gasteiger partial charge in [0.25, 0.3) is 0 Å². The average Bonchev–Trinajstić information content (AvgIpc) is 3.09. The molecule has 2 aromatic rings. The van der Waals surface area contributed by atoms with E-state index in [4.69, 9.17) is 0 Å². The summed E-state index contributed by atoms with van der Waals surface area (Å²) in [6.45, 7) is 1.55. The number of aromatic amines is 1. The summed E-state index contributed by atoms with van der Waals surface area (Å²) in [6, 6.07) is 6.00. The Labute approximate surface area is 135 Å². The lowest BCUT2D eigenvalue weighted by Gasteiger charge is -2.35. The number of hydrogen-bond acceptors (Lipinski definition) is 3. The fourth-order valence-electron chi connectivity index (χ4n) is 3.35. The minimum atomic E-state index is -4.95. The largest absolute Gasteiger partial charge is 0.545 e. The molecule has 0 bridgehead atoms. The summed E-state index contributed by atoms with van der Waals surface area (Å²) in [6.07, 6.45) is -4.17. The van der Waals surface area contributed by atoms with Crippen LogP contribution in [0, 0.1) is 0 Å². The van der Waals surface area contributed by atoms with E-state index in [1.165, 1.54) is 18.2 Å². The van der Waals surface area contributed by atoms with Crippen LogP contribution in [-0.4, -0.2) is 34.5 Å². The predicted octanol–water partition coefficient (Wildman–Crippen LogP) is 1.93. The van der Waals surface area contributed by atoms with Gasteiger partial charge >= 0.3 is 12.1 Å². The number of fused-ring (bicyclic) bond motifs is 1. The lowest BCUT2D eigenvalue weighted by Crippen LogP contribution is -2.48. The van der Waals surface area contributed by atoms with Gasteiger partial charge in [0.05, 0.1) is 11.5 Å². The van der Waals surface area contributed by atoms with E-state index in [1.54, 1.807) is 13.0 Å². The summed E-state index contributed by atoms with van der Waals surface area (Å²) in [5, 5.41) is 11.5. The topological polar surface area (TPSA) is 76.2 Å². The number of benzene rings is 1. The number of hydrogen-bond donors (Lipinski definition) is 1. The Kier molecular flexibility index (Phi) is 3.58. The zero-order valence-corrected chi connectivity index (χ0v) is 12.7. The van der Waals surface area contributed by atoms with Crippen molar-refractivity contribution in [1.29, 1.82) is 0 Å². The first-order chi connectivity index (χ1) is 11.1. The van der Waals surface area contributed by atoms with Crippen molar-refractivity contribution in [3.8, 4) is 0 Å². The first kappa shape index (κ1) is 16.4. The van der Waals surface area contributed by atoms with Crippen molar-refractivity contribution in [1.82, 2.24) is 9.88 Å². The Morgan fingerprint density at radius 1 is 1.33 bits per heavy atom. The van der Waals surface area contributed by atoms with Crippen LogP contribution in [0.4, 0.5) is 13.2 Å². The fourth-order valence-corrected chi connectivity index (χ4v) is 3.35. The number of carboxylic acid groups (broad SMARTS) is 1. The number of rotatable bonds is 2. The van der Waals surface area contributed by atoms with Crippen LogP contribution in [0.15, 0.2) is 24.3 Å². The third-order valence-electron chi connectivity index (χ3n) is 4.59. The second kappa shape index (κ2) is 5.25. The van der Waals surface area contributed by atoms with Gasteiger partial charge in [0.2, 0.25) is 0 Å². The number of nitrogens with zero attached hydrogens (tertiary/aromatic N) is 1. The number of carbonyl (C=O) groups excluding carboxylic acids is 2. The van der Waals surface area contributed by atoms with Crippen molar-refractivity contribution in [3.63, 3.8) is 0 Å². The van der Waals surface area contributed by atoms with Crippen molar-refractivity contribution in [2.45, 2.75) is 31.5 Å². The highest BCUT2D eigenvalue weighted by Crippen LogP contribution is 2.41. The minimum absolute atomic E-state index is 0.00243. The number of H-pyrrole nitrogens is 1. The van der Waals surface area contributed by atoms with Crippen molar-refractivity contribution in [2.24, 2.45) is 0 Å². The maximum absolute atomic E-state index is 12.8. The van der Waals surface area contributed by atoms with Gasteiger partial charge in [-0.3, -0.25) is 4.79 Å². The first-order valence-electron chi connectivity index (χ1n) is 7.37. The van der Waals surface area contributed by atoms with Crippen molar-refractivity contribution in [2.75, 3.05) is 6.54 Å². The van der Waals surface area contributed by atoms with E-state index in [0.29, 0.717) is 29.4 Å². The molecule has 1 saturated heterocycles. The summed E-state index contributed by atoms with van der Waals surface area (Å²) < 4.78 is 38.5. The number of likely N-dealkylation sites (tertiary alicyclic amines) is 1. The van der Waals surface area contributed by atoms with Crippen LogP contribution in [0.1, 0.15) is 35.8 Å². The summed E-state index contributed by atoms with van der Waals surface area (Å²) in [4.78, 5) is 26.7. The van der Waals surface area contributed by atoms with Crippen molar-refractivity contribution < 1.29 is 27.9 Å². The number of carbonyl (C=O) groups is 2. The van der Waals surface area contributed by atoms with Gasteiger partial charge in [0.15, 0.2) is 0 Å². The number of alkyl halides is 3. The second-order valence-electron chi connectivity index (χ2n) is 6.07. The molecular weight excluding hydrogens is 325 g/mol. The maximum Gasteiger partial charge on any atom is 0.471 e. The van der Waals surface area contributed by atoms with Gasteiger partial charge in [0.1, 0.15) is 0 Å². The zero-order chi connectivity index (χ0) is 17.7. The van der Waals surface area contributed by atoms with Crippen LogP contribution < -0.4 is 5.11 Å². The van der Waals surface area contributed by atoms with Crippen molar-refractivity contribution in [3.05, 3.63) is 35.5 Å². The van der Waals surface area contributed by atoms with Gasteiger partial charge in [0, 0.05) is 28.7 Å². The normalized spacial score (nSPS) is 21.4. The highest BCUT2D eigenvalue weighted by molar-refractivity contribution is 6.02. The molecule has 128 valence electrons. The molecule has 0 spiro atoms. The lowest BCUT2D eigenvalue weighted by molar-refractivity contribution is -0.254. The molecule has 24 heavy (non-hydrogen) atoms. The maximum atomic E-state index is 12.8. The summed E-state index contributed by atoms with van der Waals surface area (Å²) in [7, 11) is 0. The Hall–Kier alpha value is -2.51. The average molecular weight is 339 g/mol. The van der Waals surface area contributed by atoms with E-state index in [2.05, 4.69) is 4.98 Å². The summed E-state index contributed by atoms with van der Waals surface area (Å²) in [5.41, 5.74) is -0.375. The fraction of sp³-hybridized carbons (Fsp3) is 0.375. The summed E-state index contributed by atoms with van der Waals surface area (Å²) in [5.74, 6) is -3.26. The van der Waals surface area contributed by atoms with Gasteiger partial charge in [-0.25, -0.2) is 0 Å². The molecule has 1 aliphatic heterocycles. The van der Waals surface area contributed by atoms with Gasteiger partial charge in [-0.15, -0.1) is 0 Å². The molecule has 5 nitrogen and oxygen atoms in total. The molecule has 1 aromatic heterocycles. The zero-order valence-electron chi connectivity index (χ0n) is 12.7. The molecule has 2 heterocycles. The smallest absolute Gasteiger partial charge is 0.471 e. The molecule has 1 aromatic carbocycles. The number of aromatic nitrogens is 1. The molecule has 1 unspecified atom stereocenters. The molecule has 1 aliphatic rings. The van der Waals surface area contributed by atoms with Gasteiger partial charge in [-0.1, -0.05) is 12.1 Å². The number of carboxylic acids is 1. The first-order valence-corrected chi connectivity index (χ1v) is 7.37. The van der Waals surface area contributed by atoms with Crippen LogP contribution in [-0.2, 0) is 10.3 Å². The van der Waals surface area contributed by atoms with E-state index in [0.717, 1.165) is 4.90 Å². The Bertz CT molecular complexity index is 828. The van der Waals surface area contributed by atoms with E-state index >= 15 is 0 Å². The number of nitrogens with one attached hydrogen (secondary N) is 1. The molecule has 8 heteroatoms. The molecular formula is C16H14F3N2O3-. The second-order valence-corrected chi connectivity index (χ2v) is 6.07. The Balaban J connectivity index is 2.10. The van der Waals surface area contributed by atoms with Crippen LogP contribution >= 0.6 is 0 Å². The molecule has 0 radical (unpaired) electrons. The number of aromatic carboxylic acids is 1. The van der Waals surface area contributed by atoms with E-state index < -0.39 is 23.6 Å². The number of halogens is 3. The van der Waals surface area contributed by atoms with Gasteiger partial charge in [-0.2, -0.15) is 13.2 Å². The Morgan fingerprint density at radius 3 is 2.67 bits per heavy atom. The molecule has 3 rings (SSSR count).